The third-order valence-electron chi connectivity index (χ3n) is 7.55. The highest BCUT2D eigenvalue weighted by Crippen LogP contribution is 2.52. The number of rotatable bonds is 7. The second-order valence-corrected chi connectivity index (χ2v) is 12.4. The zero-order valence-corrected chi connectivity index (χ0v) is 25.1. The Bertz CT molecular complexity index is 1550. The molecule has 4 rings (SSSR count). The maximum absolute atomic E-state index is 15.8. The molecule has 1 amide bonds. The normalized spacial score (nSPS) is 21.9. The highest BCUT2D eigenvalue weighted by molar-refractivity contribution is 6.31. The number of ether oxygens (including phenoxy) is 1. The highest BCUT2D eigenvalue weighted by Gasteiger charge is 2.61. The van der Waals surface area contributed by atoms with Crippen molar-refractivity contribution in [3.8, 4) is 6.07 Å². The molecule has 0 aliphatic carbocycles. The Labute approximate surface area is 254 Å². The number of esters is 1. The summed E-state index contributed by atoms with van der Waals surface area (Å²) in [5.41, 5.74) is -1.14. The van der Waals surface area contributed by atoms with Crippen molar-refractivity contribution in [2.75, 3.05) is 7.11 Å². The lowest BCUT2D eigenvalue weighted by Crippen LogP contribution is -2.45. The maximum atomic E-state index is 15.8. The number of nitriles is 1. The van der Waals surface area contributed by atoms with Gasteiger partial charge in [0.15, 0.2) is 0 Å². The van der Waals surface area contributed by atoms with E-state index in [0.29, 0.717) is 17.5 Å². The summed E-state index contributed by atoms with van der Waals surface area (Å²) in [7, 11) is 1.27. The van der Waals surface area contributed by atoms with Crippen LogP contribution in [0.25, 0.3) is 0 Å². The molecule has 1 heterocycles. The number of carbonyl (C=O) groups excluding carboxylic acids is 2. The van der Waals surface area contributed by atoms with Gasteiger partial charge in [-0.15, -0.1) is 0 Å². The number of methoxy groups -OCH3 is 1. The van der Waals surface area contributed by atoms with Crippen molar-refractivity contribution in [2.24, 2.45) is 5.41 Å². The van der Waals surface area contributed by atoms with Gasteiger partial charge < -0.3 is 15.4 Å². The molecule has 0 bridgehead atoms. The van der Waals surface area contributed by atoms with Crippen molar-refractivity contribution in [1.29, 1.82) is 5.26 Å². The van der Waals surface area contributed by atoms with Crippen LogP contribution in [-0.2, 0) is 21.5 Å². The van der Waals surface area contributed by atoms with Crippen LogP contribution < -0.4 is 10.6 Å². The van der Waals surface area contributed by atoms with Crippen LogP contribution in [0.2, 0.25) is 10.0 Å². The topological polar surface area (TPSA) is 91.2 Å². The minimum Gasteiger partial charge on any atom is -0.465 e. The Hall–Kier alpha value is -3.51. The Morgan fingerprint density at radius 2 is 1.81 bits per heavy atom. The van der Waals surface area contributed by atoms with E-state index in [4.69, 9.17) is 27.9 Å². The molecule has 3 aromatic carbocycles. The van der Waals surface area contributed by atoms with E-state index in [0.717, 1.165) is 6.07 Å². The molecule has 10 heteroatoms. The number of hydrogen-bond acceptors (Lipinski definition) is 5. The molecule has 0 radical (unpaired) electrons. The fourth-order valence-electron chi connectivity index (χ4n) is 5.78. The average Bonchev–Trinajstić information content (AvgIpc) is 3.25. The molecule has 220 valence electrons. The summed E-state index contributed by atoms with van der Waals surface area (Å²) in [5.74, 6) is -3.76. The van der Waals surface area contributed by atoms with Gasteiger partial charge in [0.05, 0.1) is 29.8 Å². The summed E-state index contributed by atoms with van der Waals surface area (Å²) >= 11 is 12.2. The molecule has 1 fully saturated rings. The van der Waals surface area contributed by atoms with Crippen LogP contribution in [-0.4, -0.2) is 31.1 Å². The van der Waals surface area contributed by atoms with Crippen LogP contribution in [0.4, 0.5) is 8.78 Å². The molecule has 0 unspecified atom stereocenters. The van der Waals surface area contributed by atoms with Crippen molar-refractivity contribution < 1.29 is 23.1 Å². The first-order chi connectivity index (χ1) is 19.8. The van der Waals surface area contributed by atoms with Gasteiger partial charge in [0.1, 0.15) is 17.0 Å². The van der Waals surface area contributed by atoms with Crippen molar-refractivity contribution in [1.82, 2.24) is 10.6 Å². The van der Waals surface area contributed by atoms with Gasteiger partial charge in [0, 0.05) is 29.1 Å². The lowest BCUT2D eigenvalue weighted by Gasteiger charge is -2.37. The number of benzene rings is 3. The first-order valence-corrected chi connectivity index (χ1v) is 14.1. The second-order valence-electron chi connectivity index (χ2n) is 11.6. The molecule has 6 nitrogen and oxygen atoms in total. The molecular formula is C32H31Cl2F2N3O3. The largest absolute Gasteiger partial charge is 0.465 e. The Morgan fingerprint density at radius 3 is 2.45 bits per heavy atom. The van der Waals surface area contributed by atoms with Crippen molar-refractivity contribution in [2.45, 2.75) is 57.2 Å². The quantitative estimate of drug-likeness (QED) is 0.289. The number of halogens is 4. The summed E-state index contributed by atoms with van der Waals surface area (Å²) in [6, 6.07) is 15.4. The van der Waals surface area contributed by atoms with E-state index in [-0.39, 0.29) is 33.1 Å². The van der Waals surface area contributed by atoms with Crippen molar-refractivity contribution in [3.63, 3.8) is 0 Å². The van der Waals surface area contributed by atoms with Gasteiger partial charge in [-0.05, 0) is 53.3 Å². The first-order valence-electron chi connectivity index (χ1n) is 13.3. The van der Waals surface area contributed by atoms with Crippen LogP contribution in [0.1, 0.15) is 60.2 Å². The Morgan fingerprint density at radius 1 is 1.10 bits per heavy atom. The zero-order valence-electron chi connectivity index (χ0n) is 23.6. The number of carbonyl (C=O) groups is 2. The molecule has 4 atom stereocenters. The minimum atomic E-state index is -1.72. The lowest BCUT2D eigenvalue weighted by atomic mass is 9.62. The summed E-state index contributed by atoms with van der Waals surface area (Å²) < 4.78 is 36.3. The predicted molar refractivity (Wildman–Crippen MR) is 157 cm³/mol. The van der Waals surface area contributed by atoms with E-state index in [1.165, 1.54) is 37.4 Å². The second kappa shape index (κ2) is 12.4. The number of hydrogen-bond donors (Lipinski definition) is 2. The fraction of sp³-hybridized carbons (Fsp3) is 0.344. The molecule has 0 aromatic heterocycles. The number of nitrogens with one attached hydrogen (secondary N) is 2. The molecule has 0 saturated carbocycles. The molecule has 2 N–H and O–H groups in total. The third-order valence-corrected chi connectivity index (χ3v) is 8.07. The van der Waals surface area contributed by atoms with E-state index < -0.39 is 46.9 Å². The van der Waals surface area contributed by atoms with E-state index in [2.05, 4.69) is 16.7 Å². The summed E-state index contributed by atoms with van der Waals surface area (Å²) in [6.45, 7) is 5.93. The monoisotopic (exact) mass is 613 g/mol. The standard InChI is InChI=1S/C32H31Cl2F2N3O3/c1-31(2,3)15-25-32(17-37,22-12-11-20(33)14-24(22)35)26(21-9-6-10-23(34)27(21)36)28(39-25)29(40)38-16-18-7-5-8-19(13-18)30(41)42-4/h5-14,25-26,28,39H,15-16H2,1-4H3,(H,38,40)/t25-,26-,28+,32-/m0/s1. The van der Waals surface area contributed by atoms with E-state index >= 15 is 8.78 Å². The first kappa shape index (κ1) is 31.4. The van der Waals surface area contributed by atoms with Gasteiger partial charge in [-0.3, -0.25) is 4.79 Å². The van der Waals surface area contributed by atoms with Gasteiger partial charge in [-0.2, -0.15) is 5.26 Å². The van der Waals surface area contributed by atoms with Crippen molar-refractivity contribution >= 4 is 35.1 Å². The highest BCUT2D eigenvalue weighted by atomic mass is 35.5. The van der Waals surface area contributed by atoms with E-state index in [9.17, 15) is 14.9 Å². The molecular weight excluding hydrogens is 583 g/mol. The SMILES string of the molecule is COC(=O)c1cccc(CNC(=O)[C@@H]2N[C@@H](CC(C)(C)C)[C@](C#N)(c3ccc(Cl)cc3F)[C@H]2c2cccc(Cl)c2F)c1. The van der Waals surface area contributed by atoms with E-state index in [1.54, 1.807) is 24.3 Å². The molecule has 1 saturated heterocycles. The molecule has 1 aliphatic rings. The van der Waals surface area contributed by atoms with Crippen LogP contribution in [0.15, 0.2) is 60.7 Å². The zero-order chi connectivity index (χ0) is 30.8. The molecule has 0 spiro atoms. The Balaban J connectivity index is 1.85. The van der Waals surface area contributed by atoms with E-state index in [1.807, 2.05) is 20.8 Å². The average molecular weight is 615 g/mol. The van der Waals surface area contributed by atoms with Gasteiger partial charge in [0.25, 0.3) is 0 Å². The maximum Gasteiger partial charge on any atom is 0.337 e. The lowest BCUT2D eigenvalue weighted by molar-refractivity contribution is -0.123. The Kier molecular flexibility index (Phi) is 9.27. The van der Waals surface area contributed by atoms with Gasteiger partial charge >= 0.3 is 5.97 Å². The minimum absolute atomic E-state index is 0.00149. The fourth-order valence-corrected chi connectivity index (χ4v) is 6.12. The summed E-state index contributed by atoms with van der Waals surface area (Å²) in [6.07, 6.45) is 0.353. The van der Waals surface area contributed by atoms with Crippen LogP contribution >= 0.6 is 23.2 Å². The van der Waals surface area contributed by atoms with Gasteiger partial charge in [0.2, 0.25) is 5.91 Å². The van der Waals surface area contributed by atoms with Gasteiger partial charge in [-0.25, -0.2) is 13.6 Å². The number of amides is 1. The van der Waals surface area contributed by atoms with Crippen LogP contribution in [0.3, 0.4) is 0 Å². The van der Waals surface area contributed by atoms with Gasteiger partial charge in [-0.1, -0.05) is 74.3 Å². The molecule has 42 heavy (non-hydrogen) atoms. The summed E-state index contributed by atoms with van der Waals surface area (Å²) in [5, 5.41) is 17.0. The smallest absolute Gasteiger partial charge is 0.337 e. The van der Waals surface area contributed by atoms with Crippen LogP contribution in [0, 0.1) is 28.4 Å². The molecule has 3 aromatic rings. The van der Waals surface area contributed by atoms with Crippen molar-refractivity contribution in [3.05, 3.63) is 105 Å². The number of nitrogens with zero attached hydrogens (tertiary/aromatic N) is 1. The molecule has 1 aliphatic heterocycles. The van der Waals surface area contributed by atoms with Crippen LogP contribution in [0.5, 0.6) is 0 Å². The third kappa shape index (κ3) is 6.14. The summed E-state index contributed by atoms with van der Waals surface area (Å²) in [4.78, 5) is 25.9. The predicted octanol–water partition coefficient (Wildman–Crippen LogP) is 6.70.